The van der Waals surface area contributed by atoms with E-state index in [1.807, 2.05) is 58.0 Å². The van der Waals surface area contributed by atoms with E-state index in [0.29, 0.717) is 30.8 Å². The summed E-state index contributed by atoms with van der Waals surface area (Å²) in [6, 6.07) is 11.1. The zero-order valence-corrected chi connectivity index (χ0v) is 39.9. The molecule has 3 N–H and O–H groups in total. The molecule has 13 nitrogen and oxygen atoms in total. The number of hydrogen-bond acceptors (Lipinski definition) is 8. The number of carbonyl (C=O) groups excluding carboxylic acids is 4. The Morgan fingerprint density at radius 1 is 0.694 bits per heavy atom. The fourth-order valence-electron chi connectivity index (χ4n) is 8.62. The molecular formula is C49H69N9O4. The van der Waals surface area contributed by atoms with Gasteiger partial charge in [0.05, 0.1) is 52.6 Å². The Balaban J connectivity index is 1.35. The van der Waals surface area contributed by atoms with Crippen molar-refractivity contribution >= 4 is 46.1 Å². The zero-order chi connectivity index (χ0) is 46.3. The Kier molecular flexibility index (Phi) is 13.6. The quantitative estimate of drug-likeness (QED) is 0.114. The number of benzene rings is 2. The molecule has 4 amide bonds. The molecule has 4 aromatic rings. The van der Waals surface area contributed by atoms with Crippen LogP contribution in [0.3, 0.4) is 0 Å². The van der Waals surface area contributed by atoms with Crippen LogP contribution in [0.2, 0.25) is 0 Å². The number of H-pyrrole nitrogens is 1. The number of hydrogen-bond donors (Lipinski definition) is 3. The number of likely N-dealkylation sites (N-methyl/N-ethyl adjacent to an activating group) is 2. The SMILES string of the molecule is CC(=O)N(C)[C@](C)(CC(C)C)C(=O)N[C@H](C1=Nc2ccc(-c3cnc(-c4ccc5nc([C@@H](NC(=O)[C@@](C)(CC(C)C)N(C)C(C)=O)C(C)(C)C)[nH]c5c4)cn3)cc2C1)C(C)(C)C. The molecule has 4 atom stereocenters. The largest absolute Gasteiger partial charge is 0.345 e. The van der Waals surface area contributed by atoms with Gasteiger partial charge >= 0.3 is 0 Å². The lowest BCUT2D eigenvalue weighted by atomic mass is 9.81. The van der Waals surface area contributed by atoms with Crippen LogP contribution >= 0.6 is 0 Å². The zero-order valence-electron chi connectivity index (χ0n) is 39.9. The number of nitrogens with zero attached hydrogens (tertiary/aromatic N) is 6. The van der Waals surface area contributed by atoms with Crippen molar-refractivity contribution in [2.24, 2.45) is 27.7 Å². The number of amides is 4. The highest BCUT2D eigenvalue weighted by Crippen LogP contribution is 2.37. The van der Waals surface area contributed by atoms with Crippen LogP contribution in [-0.2, 0) is 25.6 Å². The van der Waals surface area contributed by atoms with Crippen molar-refractivity contribution < 1.29 is 19.2 Å². The summed E-state index contributed by atoms with van der Waals surface area (Å²) >= 11 is 0. The monoisotopic (exact) mass is 848 g/mol. The summed E-state index contributed by atoms with van der Waals surface area (Å²) in [6.07, 6.45) is 5.14. The van der Waals surface area contributed by atoms with Crippen LogP contribution < -0.4 is 10.6 Å². The van der Waals surface area contributed by atoms with Gasteiger partial charge in [-0.25, -0.2) is 4.98 Å². The second-order valence-electron chi connectivity index (χ2n) is 20.7. The third kappa shape index (κ3) is 10.1. The molecule has 0 bridgehead atoms. The van der Waals surface area contributed by atoms with E-state index in [0.717, 1.165) is 44.8 Å². The summed E-state index contributed by atoms with van der Waals surface area (Å²) < 4.78 is 0. The van der Waals surface area contributed by atoms with Gasteiger partial charge in [0.2, 0.25) is 23.6 Å². The number of fused-ring (bicyclic) bond motifs is 2. The molecule has 5 rings (SSSR count). The van der Waals surface area contributed by atoms with E-state index >= 15 is 0 Å². The highest BCUT2D eigenvalue weighted by atomic mass is 16.2. The number of nitrogens with one attached hydrogen (secondary N) is 3. The molecule has 0 fully saturated rings. The Labute approximate surface area is 368 Å². The summed E-state index contributed by atoms with van der Waals surface area (Å²) in [4.78, 5) is 79.2. The standard InChI is InChI=1S/C49H69N9O4/c1-28(2)24-48(13,57(15)30(5)59)44(61)55-41(46(7,8)9)38-23-34-21-32(17-19-35(34)52-38)39-26-51-40(27-50-39)33-18-20-36-37(22-33)54-43(53-36)42(47(10,11)12)56-45(62)49(14,25-29(3)4)58(16)31(6)60/h17-22,26-29,41-42H,23-25H2,1-16H3,(H,53,54)(H,55,61)(H,56,62)/t41-,42-,48-,49-/m1/s1. The van der Waals surface area contributed by atoms with Crippen LogP contribution in [0.25, 0.3) is 33.5 Å². The molecule has 0 radical (unpaired) electrons. The van der Waals surface area contributed by atoms with Crippen molar-refractivity contribution in [2.45, 2.75) is 139 Å². The molecule has 62 heavy (non-hydrogen) atoms. The van der Waals surface area contributed by atoms with E-state index in [9.17, 15) is 19.2 Å². The molecule has 0 saturated carbocycles. The number of imidazole rings is 1. The molecule has 2 aromatic heterocycles. The van der Waals surface area contributed by atoms with Crippen LogP contribution in [0.5, 0.6) is 0 Å². The van der Waals surface area contributed by atoms with Crippen molar-refractivity contribution in [3.05, 3.63) is 60.2 Å². The number of rotatable bonds is 14. The molecule has 13 heteroatoms. The first-order valence-electron chi connectivity index (χ1n) is 21.8. The average molecular weight is 848 g/mol. The summed E-state index contributed by atoms with van der Waals surface area (Å²) in [5.74, 6) is 0.266. The van der Waals surface area contributed by atoms with Gasteiger partial charge in [0, 0.05) is 51.2 Å². The van der Waals surface area contributed by atoms with Gasteiger partial charge < -0.3 is 25.4 Å². The van der Waals surface area contributed by atoms with Gasteiger partial charge in [0.25, 0.3) is 0 Å². The maximum absolute atomic E-state index is 14.1. The van der Waals surface area contributed by atoms with Crippen molar-refractivity contribution in [2.75, 3.05) is 14.1 Å². The lowest BCUT2D eigenvalue weighted by molar-refractivity contribution is -0.145. The minimum absolute atomic E-state index is 0.159. The Hall–Kier alpha value is -5.46. The highest BCUT2D eigenvalue weighted by Gasteiger charge is 2.44. The number of aromatic nitrogens is 4. The maximum atomic E-state index is 14.1. The number of aliphatic imine (C=N–C) groups is 1. The summed E-state index contributed by atoms with van der Waals surface area (Å²) in [7, 11) is 3.38. The minimum atomic E-state index is -1.04. The van der Waals surface area contributed by atoms with Crippen LogP contribution in [0, 0.1) is 22.7 Å². The summed E-state index contributed by atoms with van der Waals surface area (Å²) in [5.41, 5.74) is 4.70. The van der Waals surface area contributed by atoms with Crippen molar-refractivity contribution in [3.63, 3.8) is 0 Å². The first-order chi connectivity index (χ1) is 28.6. The normalized spacial score (nSPS) is 15.9. The topological polar surface area (TPSA) is 166 Å². The molecule has 334 valence electrons. The molecule has 1 aliphatic heterocycles. The van der Waals surface area contributed by atoms with Crippen LogP contribution in [0.1, 0.15) is 127 Å². The van der Waals surface area contributed by atoms with Gasteiger partial charge in [0.15, 0.2) is 0 Å². The predicted octanol–water partition coefficient (Wildman–Crippen LogP) is 8.62. The lowest BCUT2D eigenvalue weighted by Gasteiger charge is -2.41. The van der Waals surface area contributed by atoms with E-state index in [1.165, 1.54) is 18.7 Å². The first-order valence-corrected chi connectivity index (χ1v) is 21.8. The maximum Gasteiger partial charge on any atom is 0.246 e. The second kappa shape index (κ2) is 17.7. The highest BCUT2D eigenvalue weighted by molar-refractivity contribution is 6.02. The molecule has 3 heterocycles. The smallest absolute Gasteiger partial charge is 0.246 e. The Bertz CT molecular complexity index is 2350. The van der Waals surface area contributed by atoms with Crippen molar-refractivity contribution in [1.29, 1.82) is 0 Å². The van der Waals surface area contributed by atoms with Gasteiger partial charge in [-0.3, -0.25) is 34.1 Å². The number of carbonyl (C=O) groups is 4. The van der Waals surface area contributed by atoms with Crippen molar-refractivity contribution in [1.82, 2.24) is 40.4 Å². The fraction of sp³-hybridized carbons (Fsp3) is 0.551. The molecular weight excluding hydrogens is 779 g/mol. The Morgan fingerprint density at radius 3 is 1.61 bits per heavy atom. The van der Waals surface area contributed by atoms with Gasteiger partial charge in [0.1, 0.15) is 16.9 Å². The molecule has 1 aliphatic rings. The average Bonchev–Trinajstić information content (AvgIpc) is 3.79. The van der Waals surface area contributed by atoms with Gasteiger partial charge in [-0.05, 0) is 79.2 Å². The summed E-state index contributed by atoms with van der Waals surface area (Å²) in [5, 5.41) is 6.57. The number of aromatic amines is 1. The van der Waals surface area contributed by atoms with Gasteiger partial charge in [-0.2, -0.15) is 0 Å². The van der Waals surface area contributed by atoms with Crippen LogP contribution in [-0.4, -0.2) is 90.3 Å². The van der Waals surface area contributed by atoms with E-state index in [1.54, 1.807) is 31.4 Å². The predicted molar refractivity (Wildman–Crippen MR) is 248 cm³/mol. The Morgan fingerprint density at radius 2 is 1.16 bits per heavy atom. The molecule has 0 aliphatic carbocycles. The third-order valence-corrected chi connectivity index (χ3v) is 12.4. The minimum Gasteiger partial charge on any atom is -0.345 e. The van der Waals surface area contributed by atoms with Gasteiger partial charge in [-0.15, -0.1) is 0 Å². The lowest BCUT2D eigenvalue weighted by Crippen LogP contribution is -2.62. The molecule has 2 aromatic carbocycles. The van der Waals surface area contributed by atoms with Crippen LogP contribution in [0.15, 0.2) is 53.8 Å². The van der Waals surface area contributed by atoms with Gasteiger partial charge in [-0.1, -0.05) is 81.4 Å². The van der Waals surface area contributed by atoms with E-state index < -0.39 is 22.5 Å². The van der Waals surface area contributed by atoms with E-state index in [4.69, 9.17) is 19.9 Å². The van der Waals surface area contributed by atoms with Crippen molar-refractivity contribution in [3.8, 4) is 22.5 Å². The third-order valence-electron chi connectivity index (χ3n) is 12.4. The fourth-order valence-corrected chi connectivity index (χ4v) is 8.62. The molecule has 0 spiro atoms. The molecule has 0 unspecified atom stereocenters. The summed E-state index contributed by atoms with van der Waals surface area (Å²) in [6.45, 7) is 27.3. The second-order valence-corrected chi connectivity index (χ2v) is 20.7. The van der Waals surface area contributed by atoms with E-state index in [2.05, 4.69) is 77.1 Å². The van der Waals surface area contributed by atoms with E-state index in [-0.39, 0.29) is 46.9 Å². The molecule has 0 saturated heterocycles. The van der Waals surface area contributed by atoms with Crippen LogP contribution in [0.4, 0.5) is 5.69 Å². The first kappa shape index (κ1) is 47.6.